The summed E-state index contributed by atoms with van der Waals surface area (Å²) in [7, 11) is 1.71. The summed E-state index contributed by atoms with van der Waals surface area (Å²) in [5, 5.41) is 9.67. The number of thioether (sulfide) groups is 1. The lowest BCUT2D eigenvalue weighted by molar-refractivity contribution is 0.196. The molecule has 0 radical (unpaired) electrons. The quantitative estimate of drug-likeness (QED) is 0.643. The fraction of sp³-hybridized carbons (Fsp3) is 0.500. The predicted molar refractivity (Wildman–Crippen MR) is 72.0 cm³/mol. The number of aliphatic hydroxyl groups is 1. The number of aliphatic hydroxyl groups excluding tert-OH is 1. The first-order valence-electron chi connectivity index (χ1n) is 5.24. The van der Waals surface area contributed by atoms with Crippen molar-refractivity contribution >= 4 is 27.7 Å². The van der Waals surface area contributed by atoms with Crippen LogP contribution < -0.4 is 0 Å². The maximum Gasteiger partial charge on any atom is 0.0773 e. The molecule has 4 heteroatoms. The minimum absolute atomic E-state index is 0.428. The third-order valence-corrected chi connectivity index (χ3v) is 3.84. The van der Waals surface area contributed by atoms with Gasteiger partial charge in [0, 0.05) is 28.8 Å². The van der Waals surface area contributed by atoms with Gasteiger partial charge in [-0.05, 0) is 37.1 Å². The summed E-state index contributed by atoms with van der Waals surface area (Å²) in [5.74, 6) is 1.01. The summed E-state index contributed by atoms with van der Waals surface area (Å²) >= 11 is 5.18. The van der Waals surface area contributed by atoms with Crippen molar-refractivity contribution in [2.45, 2.75) is 24.3 Å². The van der Waals surface area contributed by atoms with Gasteiger partial charge in [-0.3, -0.25) is 0 Å². The molecule has 0 aliphatic rings. The molecule has 1 rings (SSSR count). The monoisotopic (exact) mass is 304 g/mol. The highest BCUT2D eigenvalue weighted by atomic mass is 79.9. The lowest BCUT2D eigenvalue weighted by Gasteiger charge is -2.12. The van der Waals surface area contributed by atoms with Crippen LogP contribution in [-0.2, 0) is 4.74 Å². The van der Waals surface area contributed by atoms with Crippen LogP contribution in [0.4, 0.5) is 0 Å². The number of hydrogen-bond acceptors (Lipinski definition) is 3. The summed E-state index contributed by atoms with van der Waals surface area (Å²) in [6.07, 6.45) is 0.596. The third kappa shape index (κ3) is 4.45. The van der Waals surface area contributed by atoms with Gasteiger partial charge in [-0.25, -0.2) is 0 Å². The molecular formula is C12H17BrO2S. The van der Waals surface area contributed by atoms with Crippen LogP contribution in [0.1, 0.15) is 25.0 Å². The van der Waals surface area contributed by atoms with E-state index >= 15 is 0 Å². The Morgan fingerprint density at radius 1 is 1.50 bits per heavy atom. The van der Waals surface area contributed by atoms with E-state index in [9.17, 15) is 5.11 Å². The summed E-state index contributed by atoms with van der Waals surface area (Å²) < 4.78 is 6.01. The second-order valence-electron chi connectivity index (χ2n) is 3.55. The summed E-state index contributed by atoms with van der Waals surface area (Å²) in [5.41, 5.74) is 0.983. The molecule has 90 valence electrons. The largest absolute Gasteiger partial charge is 0.389 e. The van der Waals surface area contributed by atoms with E-state index < -0.39 is 6.10 Å². The molecule has 1 aromatic rings. The van der Waals surface area contributed by atoms with Crippen LogP contribution in [0.25, 0.3) is 0 Å². The molecule has 0 fully saturated rings. The zero-order valence-corrected chi connectivity index (χ0v) is 12.0. The topological polar surface area (TPSA) is 29.5 Å². The van der Waals surface area contributed by atoms with Crippen molar-refractivity contribution in [3.63, 3.8) is 0 Å². The van der Waals surface area contributed by atoms with Gasteiger partial charge in [0.25, 0.3) is 0 Å². The van der Waals surface area contributed by atoms with E-state index in [1.165, 1.54) is 0 Å². The Kier molecular flexibility index (Phi) is 6.43. The van der Waals surface area contributed by atoms with Crippen LogP contribution in [-0.4, -0.2) is 24.6 Å². The predicted octanol–water partition coefficient (Wildman–Crippen LogP) is 3.63. The standard InChI is InChI=1S/C12H17BrO2S/c1-9(14)11-8-10(13)4-5-12(11)16-7-3-6-15-2/h4-5,8-9,14H,3,6-7H2,1-2H3. The molecule has 1 atom stereocenters. The van der Waals surface area contributed by atoms with Crippen molar-refractivity contribution < 1.29 is 9.84 Å². The van der Waals surface area contributed by atoms with Crippen molar-refractivity contribution in [1.29, 1.82) is 0 Å². The zero-order chi connectivity index (χ0) is 12.0. The molecule has 0 amide bonds. The van der Waals surface area contributed by atoms with E-state index in [1.807, 2.05) is 18.2 Å². The van der Waals surface area contributed by atoms with Crippen LogP contribution in [0.3, 0.4) is 0 Å². The molecule has 1 aromatic carbocycles. The van der Waals surface area contributed by atoms with Crippen molar-refractivity contribution in [2.24, 2.45) is 0 Å². The van der Waals surface area contributed by atoms with Gasteiger partial charge in [-0.1, -0.05) is 15.9 Å². The van der Waals surface area contributed by atoms with Crippen LogP contribution in [0, 0.1) is 0 Å². The van der Waals surface area contributed by atoms with Gasteiger partial charge in [0.2, 0.25) is 0 Å². The van der Waals surface area contributed by atoms with Gasteiger partial charge in [0.05, 0.1) is 6.10 Å². The highest BCUT2D eigenvalue weighted by Gasteiger charge is 2.08. The molecule has 2 nitrogen and oxygen atoms in total. The van der Waals surface area contributed by atoms with E-state index in [0.717, 1.165) is 33.7 Å². The van der Waals surface area contributed by atoms with E-state index in [1.54, 1.807) is 25.8 Å². The molecule has 1 unspecified atom stereocenters. The molecule has 0 aliphatic heterocycles. The Morgan fingerprint density at radius 3 is 2.88 bits per heavy atom. The average molecular weight is 305 g/mol. The van der Waals surface area contributed by atoms with Crippen LogP contribution >= 0.6 is 27.7 Å². The summed E-state index contributed by atoms with van der Waals surface area (Å²) in [6, 6.07) is 6.03. The fourth-order valence-corrected chi connectivity index (χ4v) is 2.78. The molecule has 0 spiro atoms. The minimum atomic E-state index is -0.428. The molecule has 0 saturated heterocycles. The SMILES string of the molecule is COCCCSc1ccc(Br)cc1C(C)O. The first-order chi connectivity index (χ1) is 7.65. The summed E-state index contributed by atoms with van der Waals surface area (Å²) in [6.45, 7) is 2.58. The van der Waals surface area contributed by atoms with Crippen LogP contribution in [0.2, 0.25) is 0 Å². The molecule has 16 heavy (non-hydrogen) atoms. The molecule has 0 aliphatic carbocycles. The van der Waals surface area contributed by atoms with Gasteiger partial charge < -0.3 is 9.84 Å². The Hall–Kier alpha value is -0.0300. The first kappa shape index (κ1) is 14.0. The molecule has 0 saturated carbocycles. The second-order valence-corrected chi connectivity index (χ2v) is 5.61. The number of rotatable bonds is 6. The molecule has 0 heterocycles. The van der Waals surface area contributed by atoms with Crippen molar-refractivity contribution in [3.8, 4) is 0 Å². The fourth-order valence-electron chi connectivity index (χ4n) is 1.36. The van der Waals surface area contributed by atoms with Gasteiger partial charge in [-0.15, -0.1) is 11.8 Å². The average Bonchev–Trinajstić information content (AvgIpc) is 2.26. The van der Waals surface area contributed by atoms with Crippen molar-refractivity contribution in [3.05, 3.63) is 28.2 Å². The van der Waals surface area contributed by atoms with Gasteiger partial charge in [0.1, 0.15) is 0 Å². The number of ether oxygens (including phenoxy) is 1. The van der Waals surface area contributed by atoms with Crippen molar-refractivity contribution in [2.75, 3.05) is 19.5 Å². The highest BCUT2D eigenvalue weighted by molar-refractivity contribution is 9.10. The molecular weight excluding hydrogens is 288 g/mol. The molecule has 0 bridgehead atoms. The lowest BCUT2D eigenvalue weighted by Crippen LogP contribution is -1.96. The normalized spacial score (nSPS) is 12.8. The smallest absolute Gasteiger partial charge is 0.0773 e. The van der Waals surface area contributed by atoms with Crippen LogP contribution in [0.15, 0.2) is 27.6 Å². The number of benzene rings is 1. The molecule has 0 aromatic heterocycles. The number of methoxy groups -OCH3 is 1. The van der Waals surface area contributed by atoms with E-state index in [4.69, 9.17) is 4.74 Å². The van der Waals surface area contributed by atoms with Gasteiger partial charge in [0.15, 0.2) is 0 Å². The minimum Gasteiger partial charge on any atom is -0.389 e. The van der Waals surface area contributed by atoms with Gasteiger partial charge >= 0.3 is 0 Å². The maximum absolute atomic E-state index is 9.67. The first-order valence-corrected chi connectivity index (χ1v) is 7.02. The Balaban J connectivity index is 2.64. The second kappa shape index (κ2) is 7.33. The molecule has 1 N–H and O–H groups in total. The number of halogens is 1. The van der Waals surface area contributed by atoms with E-state index in [2.05, 4.69) is 15.9 Å². The van der Waals surface area contributed by atoms with E-state index in [0.29, 0.717) is 0 Å². The van der Waals surface area contributed by atoms with Gasteiger partial charge in [-0.2, -0.15) is 0 Å². The lowest BCUT2D eigenvalue weighted by atomic mass is 10.1. The summed E-state index contributed by atoms with van der Waals surface area (Å²) in [4.78, 5) is 1.15. The third-order valence-electron chi connectivity index (χ3n) is 2.17. The Labute approximate surface area is 110 Å². The Morgan fingerprint density at radius 2 is 2.25 bits per heavy atom. The van der Waals surface area contributed by atoms with Crippen LogP contribution in [0.5, 0.6) is 0 Å². The number of hydrogen-bond donors (Lipinski definition) is 1. The highest BCUT2D eigenvalue weighted by Crippen LogP contribution is 2.30. The van der Waals surface area contributed by atoms with Crippen molar-refractivity contribution in [1.82, 2.24) is 0 Å². The van der Waals surface area contributed by atoms with E-state index in [-0.39, 0.29) is 0 Å². The zero-order valence-electron chi connectivity index (χ0n) is 9.57. The maximum atomic E-state index is 9.67. The Bertz CT molecular complexity index is 329.